The summed E-state index contributed by atoms with van der Waals surface area (Å²) in [7, 11) is 3.62. The van der Waals surface area contributed by atoms with Gasteiger partial charge in [-0.1, -0.05) is 6.07 Å². The van der Waals surface area contributed by atoms with Crippen LogP contribution >= 0.6 is 0 Å². The Labute approximate surface area is 204 Å². The first-order valence-corrected chi connectivity index (χ1v) is 12.0. The smallest absolute Gasteiger partial charge is 0.254 e. The summed E-state index contributed by atoms with van der Waals surface area (Å²) in [5.74, 6) is -0.674. The molecule has 1 saturated heterocycles. The molecule has 9 heteroatoms. The van der Waals surface area contributed by atoms with Crippen LogP contribution in [0, 0.1) is 5.95 Å². The Hall–Kier alpha value is -3.01. The predicted molar refractivity (Wildman–Crippen MR) is 133 cm³/mol. The Kier molecular flexibility index (Phi) is 6.03. The number of hydrogen-bond donors (Lipinski definition) is 3. The fraction of sp³-hybridized carbons (Fsp3) is 0.462. The molecule has 1 fully saturated rings. The molecule has 186 valence electrons. The minimum Gasteiger partial charge on any atom is -0.381 e. The highest BCUT2D eigenvalue weighted by molar-refractivity contribution is 5.93. The Morgan fingerprint density at radius 1 is 1.29 bits per heavy atom. The van der Waals surface area contributed by atoms with Crippen molar-refractivity contribution >= 4 is 22.6 Å². The number of halogens is 1. The van der Waals surface area contributed by atoms with E-state index in [0.29, 0.717) is 44.1 Å². The van der Waals surface area contributed by atoms with Crippen molar-refractivity contribution in [2.24, 2.45) is 0 Å². The zero-order chi connectivity index (χ0) is 24.9. The van der Waals surface area contributed by atoms with E-state index in [2.05, 4.69) is 27.4 Å². The van der Waals surface area contributed by atoms with E-state index in [0.717, 1.165) is 39.7 Å². The summed E-state index contributed by atoms with van der Waals surface area (Å²) in [6.07, 6.45) is 2.45. The molecule has 0 bridgehead atoms. The fourth-order valence-corrected chi connectivity index (χ4v) is 5.12. The van der Waals surface area contributed by atoms with Crippen molar-refractivity contribution in [3.8, 4) is 11.1 Å². The maximum Gasteiger partial charge on any atom is 0.254 e. The Balaban J connectivity index is 1.60. The number of ether oxygens (including phenoxy) is 1. The van der Waals surface area contributed by atoms with E-state index in [-0.39, 0.29) is 11.9 Å². The average Bonchev–Trinajstić information content (AvgIpc) is 3.17. The van der Waals surface area contributed by atoms with Crippen molar-refractivity contribution in [3.05, 3.63) is 47.0 Å². The van der Waals surface area contributed by atoms with Gasteiger partial charge in [-0.05, 0) is 54.7 Å². The molecule has 0 radical (unpaired) electrons. The van der Waals surface area contributed by atoms with Crippen LogP contribution in [0.2, 0.25) is 0 Å². The van der Waals surface area contributed by atoms with Crippen molar-refractivity contribution in [2.75, 3.05) is 45.3 Å². The van der Waals surface area contributed by atoms with E-state index in [4.69, 9.17) is 4.74 Å². The molecule has 1 atom stereocenters. The summed E-state index contributed by atoms with van der Waals surface area (Å²) < 4.78 is 20.3. The van der Waals surface area contributed by atoms with Gasteiger partial charge in [-0.2, -0.15) is 4.39 Å². The highest BCUT2D eigenvalue weighted by Crippen LogP contribution is 2.36. The topological polar surface area (TPSA) is 93.7 Å². The number of benzene rings is 1. The number of carbonyl (C=O) groups excluding carboxylic acids is 1. The van der Waals surface area contributed by atoms with Crippen LogP contribution in [-0.2, 0) is 22.5 Å². The van der Waals surface area contributed by atoms with Gasteiger partial charge in [0.15, 0.2) is 0 Å². The third-order valence-electron chi connectivity index (χ3n) is 6.84. The van der Waals surface area contributed by atoms with Gasteiger partial charge in [0, 0.05) is 50.9 Å². The van der Waals surface area contributed by atoms with Gasteiger partial charge in [-0.15, -0.1) is 0 Å². The molecule has 2 aromatic heterocycles. The van der Waals surface area contributed by atoms with Crippen LogP contribution in [0.3, 0.4) is 0 Å². The van der Waals surface area contributed by atoms with Crippen molar-refractivity contribution < 1.29 is 19.0 Å². The van der Waals surface area contributed by atoms with Gasteiger partial charge >= 0.3 is 0 Å². The molecular formula is C26H32FN5O3. The molecule has 4 heterocycles. The second-order valence-electron chi connectivity index (χ2n) is 10.1. The zero-order valence-electron chi connectivity index (χ0n) is 20.6. The van der Waals surface area contributed by atoms with Crippen molar-refractivity contribution in [1.29, 1.82) is 0 Å². The number of aromatic amines is 1. The van der Waals surface area contributed by atoms with Crippen molar-refractivity contribution in [1.82, 2.24) is 20.2 Å². The van der Waals surface area contributed by atoms with Crippen LogP contribution in [0.4, 0.5) is 10.1 Å². The number of H-pyrrole nitrogens is 1. The number of amides is 1. The number of aliphatic hydroxyl groups is 1. The second kappa shape index (κ2) is 8.89. The molecule has 0 saturated carbocycles. The molecule has 1 amide bonds. The van der Waals surface area contributed by atoms with Crippen LogP contribution < -0.4 is 10.2 Å². The van der Waals surface area contributed by atoms with Gasteiger partial charge in [-0.25, -0.2) is 4.98 Å². The minimum absolute atomic E-state index is 0.00614. The van der Waals surface area contributed by atoms with E-state index in [9.17, 15) is 14.3 Å². The number of nitrogens with one attached hydrogen (secondary N) is 2. The third kappa shape index (κ3) is 4.39. The second-order valence-corrected chi connectivity index (χ2v) is 10.1. The normalized spacial score (nSPS) is 18.6. The molecule has 0 spiro atoms. The van der Waals surface area contributed by atoms with Gasteiger partial charge in [-0.3, -0.25) is 4.79 Å². The van der Waals surface area contributed by atoms with Crippen LogP contribution in [0.15, 0.2) is 24.4 Å². The molecule has 5 rings (SSSR count). The Morgan fingerprint density at radius 3 is 2.77 bits per heavy atom. The molecule has 2 aliphatic heterocycles. The predicted octanol–water partition coefficient (Wildman–Crippen LogP) is 2.75. The maximum absolute atomic E-state index is 14.5. The largest absolute Gasteiger partial charge is 0.381 e. The van der Waals surface area contributed by atoms with E-state index in [1.807, 2.05) is 20.2 Å². The van der Waals surface area contributed by atoms with Gasteiger partial charge in [0.2, 0.25) is 5.95 Å². The number of fused-ring (bicyclic) bond motifs is 2. The van der Waals surface area contributed by atoms with E-state index < -0.39 is 11.5 Å². The standard InChI is InChI=1S/C26H32FN5O3/c1-26(2,34)25(33)32-7-5-15-9-16(10-18(20(15)13-32)21-14-35-8-6-28-21)17-11-19-22(31(3)4)23(27)30-24(19)29-12-17/h9-12,21,28,34H,5-8,13-14H2,1-4H3,(H,29,30)/t21-/m0/s1. The maximum atomic E-state index is 14.5. The Bertz CT molecular complexity index is 1270. The third-order valence-corrected chi connectivity index (χ3v) is 6.84. The zero-order valence-corrected chi connectivity index (χ0v) is 20.6. The molecule has 2 aliphatic rings. The lowest BCUT2D eigenvalue weighted by Gasteiger charge is -2.36. The van der Waals surface area contributed by atoms with Gasteiger partial charge in [0.1, 0.15) is 16.9 Å². The summed E-state index contributed by atoms with van der Waals surface area (Å²) >= 11 is 0. The fourth-order valence-electron chi connectivity index (χ4n) is 5.12. The van der Waals surface area contributed by atoms with E-state index >= 15 is 0 Å². The Morgan fingerprint density at radius 2 is 2.09 bits per heavy atom. The molecule has 35 heavy (non-hydrogen) atoms. The van der Waals surface area contributed by atoms with Crippen LogP contribution in [0.25, 0.3) is 22.2 Å². The molecule has 1 aromatic carbocycles. The average molecular weight is 482 g/mol. The summed E-state index contributed by atoms with van der Waals surface area (Å²) in [6, 6.07) is 6.24. The quantitative estimate of drug-likeness (QED) is 0.531. The lowest BCUT2D eigenvalue weighted by Crippen LogP contribution is -2.47. The summed E-state index contributed by atoms with van der Waals surface area (Å²) in [5, 5.41) is 14.6. The highest BCUT2D eigenvalue weighted by atomic mass is 19.1. The first-order chi connectivity index (χ1) is 16.6. The molecule has 3 aromatic rings. The minimum atomic E-state index is -1.42. The van der Waals surface area contributed by atoms with Gasteiger partial charge in [0.25, 0.3) is 5.91 Å². The van der Waals surface area contributed by atoms with Gasteiger partial charge < -0.3 is 29.9 Å². The van der Waals surface area contributed by atoms with Crippen molar-refractivity contribution in [3.63, 3.8) is 0 Å². The number of nitrogens with zero attached hydrogens (tertiary/aromatic N) is 3. The molecule has 0 aliphatic carbocycles. The lowest BCUT2D eigenvalue weighted by atomic mass is 9.87. The number of carbonyl (C=O) groups is 1. The summed E-state index contributed by atoms with van der Waals surface area (Å²) in [6.45, 7) is 5.99. The summed E-state index contributed by atoms with van der Waals surface area (Å²) in [4.78, 5) is 23.5. The number of aromatic nitrogens is 2. The molecular weight excluding hydrogens is 449 g/mol. The number of morpholine rings is 1. The van der Waals surface area contributed by atoms with Crippen molar-refractivity contribution in [2.45, 2.75) is 38.5 Å². The lowest BCUT2D eigenvalue weighted by molar-refractivity contribution is -0.148. The van der Waals surface area contributed by atoms with E-state index in [1.54, 1.807) is 16.0 Å². The molecule has 0 unspecified atom stereocenters. The number of pyridine rings is 1. The number of rotatable bonds is 4. The summed E-state index contributed by atoms with van der Waals surface area (Å²) in [5.41, 5.74) is 4.81. The first kappa shape index (κ1) is 23.7. The number of hydrogen-bond acceptors (Lipinski definition) is 6. The molecule has 3 N–H and O–H groups in total. The molecule has 8 nitrogen and oxygen atoms in total. The van der Waals surface area contributed by atoms with Gasteiger partial charge in [0.05, 0.1) is 19.3 Å². The van der Waals surface area contributed by atoms with Crippen LogP contribution in [-0.4, -0.2) is 71.9 Å². The number of anilines is 1. The SMILES string of the molecule is CN(C)c1c(F)[nH]c2ncc(-c3cc4c(c([C@@H]5COCCN5)c3)CN(C(=O)C(C)(C)O)CC4)cc12. The first-order valence-electron chi connectivity index (χ1n) is 12.0. The van der Waals surface area contributed by atoms with E-state index in [1.165, 1.54) is 13.8 Å². The monoisotopic (exact) mass is 481 g/mol. The van der Waals surface area contributed by atoms with Crippen LogP contribution in [0.5, 0.6) is 0 Å². The highest BCUT2D eigenvalue weighted by Gasteiger charge is 2.33. The van der Waals surface area contributed by atoms with Crippen LogP contribution in [0.1, 0.15) is 36.6 Å².